The maximum absolute atomic E-state index is 11.8. The van der Waals surface area contributed by atoms with E-state index in [1.54, 1.807) is 32.2 Å². The first kappa shape index (κ1) is 15.1. The molecule has 0 saturated carbocycles. The lowest BCUT2D eigenvalue weighted by molar-refractivity contribution is 0.0240. The minimum absolute atomic E-state index is 0.142. The van der Waals surface area contributed by atoms with Crippen LogP contribution >= 0.6 is 0 Å². The molecule has 1 heterocycles. The van der Waals surface area contributed by atoms with Gasteiger partial charge in [0, 0.05) is 12.6 Å². The van der Waals surface area contributed by atoms with Crippen LogP contribution in [0, 0.1) is 0 Å². The van der Waals surface area contributed by atoms with Crippen LogP contribution in [0.25, 0.3) is 5.69 Å². The molecule has 6 heteroatoms. The van der Waals surface area contributed by atoms with E-state index in [2.05, 4.69) is 5.10 Å². The summed E-state index contributed by atoms with van der Waals surface area (Å²) in [5.74, 6) is -0.521. The van der Waals surface area contributed by atoms with Crippen molar-refractivity contribution in [3.8, 4) is 5.69 Å². The van der Waals surface area contributed by atoms with Crippen molar-refractivity contribution in [3.05, 3.63) is 42.2 Å². The van der Waals surface area contributed by atoms with E-state index in [-0.39, 0.29) is 12.3 Å². The van der Waals surface area contributed by atoms with Crippen molar-refractivity contribution in [1.82, 2.24) is 9.78 Å². The van der Waals surface area contributed by atoms with Crippen molar-refractivity contribution in [2.75, 3.05) is 12.3 Å². The third-order valence-corrected chi connectivity index (χ3v) is 2.93. The lowest BCUT2D eigenvalue weighted by Gasteiger charge is -2.16. The summed E-state index contributed by atoms with van der Waals surface area (Å²) in [6, 6.07) is 8.81. The molecule has 3 N–H and O–H groups in total. The Morgan fingerprint density at radius 2 is 2.10 bits per heavy atom. The molecule has 1 aromatic heterocycles. The summed E-state index contributed by atoms with van der Waals surface area (Å²) in [5, 5.41) is 13.7. The summed E-state index contributed by atoms with van der Waals surface area (Å²) in [6.07, 6.45) is 2.02. The van der Waals surface area contributed by atoms with Crippen molar-refractivity contribution in [2.24, 2.45) is 0 Å². The number of nitrogens with zero attached hydrogens (tertiary/aromatic N) is 2. The number of nitrogens with two attached hydrogens (primary N) is 1. The smallest absolute Gasteiger partial charge is 0.358 e. The average Bonchev–Trinajstić information content (AvgIpc) is 2.87. The molecule has 0 aliphatic rings. The number of anilines is 1. The lowest BCUT2D eigenvalue weighted by atomic mass is 10.1. The first-order chi connectivity index (χ1) is 9.87. The van der Waals surface area contributed by atoms with E-state index in [0.717, 1.165) is 0 Å². The zero-order valence-corrected chi connectivity index (χ0v) is 12.1. The molecule has 6 nitrogen and oxygen atoms in total. The SMILES string of the molecule is CC(C)(O)CCOC(=O)c1ccn(-c2ccccc2N)n1. The number of benzene rings is 1. The number of carbonyl (C=O) groups excluding carboxylic acids is 1. The summed E-state index contributed by atoms with van der Waals surface area (Å²) in [4.78, 5) is 11.8. The highest BCUT2D eigenvalue weighted by molar-refractivity contribution is 5.87. The van der Waals surface area contributed by atoms with Crippen LogP contribution in [0.4, 0.5) is 5.69 Å². The van der Waals surface area contributed by atoms with Crippen molar-refractivity contribution >= 4 is 11.7 Å². The van der Waals surface area contributed by atoms with Gasteiger partial charge in [-0.3, -0.25) is 0 Å². The number of aliphatic hydroxyl groups is 1. The molecule has 21 heavy (non-hydrogen) atoms. The first-order valence-corrected chi connectivity index (χ1v) is 6.67. The highest BCUT2D eigenvalue weighted by Crippen LogP contribution is 2.16. The van der Waals surface area contributed by atoms with Crippen LogP contribution in [0.3, 0.4) is 0 Å². The van der Waals surface area contributed by atoms with Crippen LogP contribution in [0.15, 0.2) is 36.5 Å². The van der Waals surface area contributed by atoms with Crippen LogP contribution in [-0.2, 0) is 4.74 Å². The highest BCUT2D eigenvalue weighted by Gasteiger charge is 2.16. The number of nitrogen functional groups attached to an aromatic ring is 1. The maximum atomic E-state index is 11.8. The Kier molecular flexibility index (Phi) is 4.28. The van der Waals surface area contributed by atoms with Gasteiger partial charge in [0.1, 0.15) is 0 Å². The fourth-order valence-corrected chi connectivity index (χ4v) is 1.73. The van der Waals surface area contributed by atoms with Crippen molar-refractivity contribution in [2.45, 2.75) is 25.9 Å². The van der Waals surface area contributed by atoms with E-state index in [1.165, 1.54) is 4.68 Å². The first-order valence-electron chi connectivity index (χ1n) is 6.67. The fraction of sp³-hybridized carbons (Fsp3) is 0.333. The molecule has 2 rings (SSSR count). The van der Waals surface area contributed by atoms with Crippen molar-refractivity contribution < 1.29 is 14.6 Å². The van der Waals surface area contributed by atoms with Gasteiger partial charge in [-0.05, 0) is 32.0 Å². The molecule has 112 valence electrons. The molecule has 0 fully saturated rings. The number of esters is 1. The summed E-state index contributed by atoms with van der Waals surface area (Å²) >= 11 is 0. The predicted molar refractivity (Wildman–Crippen MR) is 79.2 cm³/mol. The molecular weight excluding hydrogens is 270 g/mol. The lowest BCUT2D eigenvalue weighted by Crippen LogP contribution is -2.22. The molecule has 0 spiro atoms. The zero-order valence-electron chi connectivity index (χ0n) is 12.1. The summed E-state index contributed by atoms with van der Waals surface area (Å²) in [7, 11) is 0. The van der Waals surface area contributed by atoms with Crippen molar-refractivity contribution in [1.29, 1.82) is 0 Å². The Bertz CT molecular complexity index is 629. The van der Waals surface area contributed by atoms with Gasteiger partial charge < -0.3 is 15.6 Å². The number of rotatable bonds is 5. The molecule has 0 saturated heterocycles. The van der Waals surface area contributed by atoms with Gasteiger partial charge in [0.05, 0.1) is 23.6 Å². The topological polar surface area (TPSA) is 90.4 Å². The zero-order chi connectivity index (χ0) is 15.5. The second kappa shape index (κ2) is 5.97. The third kappa shape index (κ3) is 4.06. The van der Waals surface area contributed by atoms with E-state index in [4.69, 9.17) is 10.5 Å². The average molecular weight is 289 g/mol. The van der Waals surface area contributed by atoms with E-state index in [1.807, 2.05) is 18.2 Å². The number of carbonyl (C=O) groups is 1. The van der Waals surface area contributed by atoms with E-state index >= 15 is 0 Å². The minimum atomic E-state index is -0.863. The highest BCUT2D eigenvalue weighted by atomic mass is 16.5. The number of hydrogen-bond acceptors (Lipinski definition) is 5. The second-order valence-corrected chi connectivity index (χ2v) is 5.40. The molecule has 0 amide bonds. The number of para-hydroxylation sites is 2. The Morgan fingerprint density at radius 1 is 1.38 bits per heavy atom. The molecule has 0 aliphatic carbocycles. The third-order valence-electron chi connectivity index (χ3n) is 2.93. The monoisotopic (exact) mass is 289 g/mol. The van der Waals surface area contributed by atoms with Crippen LogP contribution in [0.1, 0.15) is 30.8 Å². The molecule has 0 radical (unpaired) electrons. The largest absolute Gasteiger partial charge is 0.461 e. The van der Waals surface area contributed by atoms with Crippen LogP contribution < -0.4 is 5.73 Å². The molecule has 1 aromatic carbocycles. The normalized spacial score (nSPS) is 11.4. The van der Waals surface area contributed by atoms with Gasteiger partial charge in [-0.2, -0.15) is 5.10 Å². The summed E-state index contributed by atoms with van der Waals surface area (Å²) < 4.78 is 6.61. The minimum Gasteiger partial charge on any atom is -0.461 e. The summed E-state index contributed by atoms with van der Waals surface area (Å²) in [6.45, 7) is 3.46. The molecular formula is C15H19N3O3. The molecule has 2 aromatic rings. The van der Waals surface area contributed by atoms with E-state index in [0.29, 0.717) is 17.8 Å². The number of hydrogen-bond donors (Lipinski definition) is 2. The Balaban J connectivity index is 2.03. The van der Waals surface area contributed by atoms with Gasteiger partial charge in [-0.25, -0.2) is 9.48 Å². The van der Waals surface area contributed by atoms with Crippen molar-refractivity contribution in [3.63, 3.8) is 0 Å². The predicted octanol–water partition coefficient (Wildman–Crippen LogP) is 1.77. The van der Waals surface area contributed by atoms with Gasteiger partial charge >= 0.3 is 5.97 Å². The van der Waals surface area contributed by atoms with Crippen LogP contribution in [-0.4, -0.2) is 33.1 Å². The summed E-state index contributed by atoms with van der Waals surface area (Å²) in [5.41, 5.74) is 6.47. The van der Waals surface area contributed by atoms with E-state index in [9.17, 15) is 9.90 Å². The molecule has 0 unspecified atom stereocenters. The fourth-order valence-electron chi connectivity index (χ4n) is 1.73. The van der Waals surface area contributed by atoms with Gasteiger partial charge in [-0.1, -0.05) is 12.1 Å². The van der Waals surface area contributed by atoms with Gasteiger partial charge in [0.2, 0.25) is 0 Å². The quantitative estimate of drug-likeness (QED) is 0.646. The Hall–Kier alpha value is -2.34. The Labute approximate surface area is 123 Å². The van der Waals surface area contributed by atoms with Gasteiger partial charge in [0.25, 0.3) is 0 Å². The second-order valence-electron chi connectivity index (χ2n) is 5.40. The maximum Gasteiger partial charge on any atom is 0.358 e. The molecule has 0 atom stereocenters. The molecule has 0 bridgehead atoms. The number of ether oxygens (including phenoxy) is 1. The van der Waals surface area contributed by atoms with Gasteiger partial charge in [0.15, 0.2) is 5.69 Å². The standard InChI is InChI=1S/C15H19N3O3/c1-15(2,20)8-10-21-14(19)12-7-9-18(17-12)13-6-4-3-5-11(13)16/h3-7,9,20H,8,10,16H2,1-2H3. The number of aromatic nitrogens is 2. The van der Waals surface area contributed by atoms with Crippen LogP contribution in [0.5, 0.6) is 0 Å². The van der Waals surface area contributed by atoms with E-state index < -0.39 is 11.6 Å². The molecule has 0 aliphatic heterocycles. The Morgan fingerprint density at radius 3 is 2.76 bits per heavy atom. The van der Waals surface area contributed by atoms with Crippen LogP contribution in [0.2, 0.25) is 0 Å². The van der Waals surface area contributed by atoms with Gasteiger partial charge in [-0.15, -0.1) is 0 Å².